The highest BCUT2D eigenvalue weighted by Crippen LogP contribution is 2.09. The van der Waals surface area contributed by atoms with Gasteiger partial charge in [-0.2, -0.15) is 0 Å². The first-order chi connectivity index (χ1) is 10.6. The van der Waals surface area contributed by atoms with E-state index in [9.17, 15) is 14.4 Å². The van der Waals surface area contributed by atoms with Crippen LogP contribution in [0.3, 0.4) is 0 Å². The molecule has 1 saturated heterocycles. The Hall–Kier alpha value is -2.57. The minimum Gasteiger partial charge on any atom is -0.493 e. The third-order valence-corrected chi connectivity index (χ3v) is 3.10. The molecule has 0 aliphatic carbocycles. The predicted octanol–water partition coefficient (Wildman–Crippen LogP) is 0.939. The molecular weight excluding hydrogens is 288 g/mol. The van der Waals surface area contributed by atoms with E-state index in [0.29, 0.717) is 12.3 Å². The molecule has 118 valence electrons. The molecule has 3 amide bonds. The van der Waals surface area contributed by atoms with E-state index in [0.717, 1.165) is 4.90 Å². The molecule has 22 heavy (non-hydrogen) atoms. The van der Waals surface area contributed by atoms with E-state index >= 15 is 0 Å². The van der Waals surface area contributed by atoms with Crippen LogP contribution in [0.15, 0.2) is 30.3 Å². The fraction of sp³-hybridized carbons (Fsp3) is 0.400. The number of para-hydroxylation sites is 1. The van der Waals surface area contributed by atoms with E-state index in [1.54, 1.807) is 12.1 Å². The predicted molar refractivity (Wildman–Crippen MR) is 77.2 cm³/mol. The second-order valence-electron chi connectivity index (χ2n) is 4.77. The lowest BCUT2D eigenvalue weighted by Crippen LogP contribution is -2.41. The minimum atomic E-state index is -0.993. The monoisotopic (exact) mass is 306 g/mol. The molecule has 1 N–H and O–H groups in total. The molecule has 1 aliphatic heterocycles. The Morgan fingerprint density at radius 2 is 2.05 bits per heavy atom. The van der Waals surface area contributed by atoms with Crippen molar-refractivity contribution < 1.29 is 23.9 Å². The van der Waals surface area contributed by atoms with Crippen LogP contribution in [-0.4, -0.2) is 48.6 Å². The second kappa shape index (κ2) is 7.44. The number of nitrogens with zero attached hydrogens (tertiary/aromatic N) is 1. The summed E-state index contributed by atoms with van der Waals surface area (Å²) in [5, 5.41) is 2.52. The molecule has 1 fully saturated rings. The number of nitrogens with one attached hydrogen (secondary N) is 1. The molecule has 1 aromatic carbocycles. The van der Waals surface area contributed by atoms with Crippen LogP contribution in [0, 0.1) is 0 Å². The lowest BCUT2D eigenvalue weighted by atomic mass is 10.3. The van der Waals surface area contributed by atoms with Gasteiger partial charge in [0.05, 0.1) is 13.0 Å². The number of rotatable bonds is 6. The summed E-state index contributed by atoms with van der Waals surface area (Å²) in [6.07, 6.45) is -0.966. The van der Waals surface area contributed by atoms with Crippen LogP contribution in [0.1, 0.15) is 13.3 Å². The molecule has 0 unspecified atom stereocenters. The van der Waals surface area contributed by atoms with Crippen molar-refractivity contribution in [2.24, 2.45) is 0 Å². The Labute approximate surface area is 128 Å². The van der Waals surface area contributed by atoms with Crippen LogP contribution in [0.4, 0.5) is 4.79 Å². The number of hydrogen-bond acceptors (Lipinski definition) is 5. The second-order valence-corrected chi connectivity index (χ2v) is 4.77. The normalized spacial score (nSPS) is 15.1. The Morgan fingerprint density at radius 3 is 2.68 bits per heavy atom. The average Bonchev–Trinajstić information content (AvgIpc) is 2.93. The highest BCUT2D eigenvalue weighted by Gasteiger charge is 2.31. The van der Waals surface area contributed by atoms with Crippen LogP contribution < -0.4 is 10.1 Å². The number of amides is 3. The third kappa shape index (κ3) is 4.21. The van der Waals surface area contributed by atoms with Crippen molar-refractivity contribution in [1.29, 1.82) is 0 Å². The van der Waals surface area contributed by atoms with E-state index in [1.165, 1.54) is 6.92 Å². The molecule has 2 rings (SSSR count). The maximum Gasteiger partial charge on any atom is 0.324 e. The molecule has 0 saturated carbocycles. The van der Waals surface area contributed by atoms with Gasteiger partial charge in [-0.3, -0.25) is 14.5 Å². The highest BCUT2D eigenvalue weighted by molar-refractivity contribution is 5.98. The van der Waals surface area contributed by atoms with Gasteiger partial charge in [0, 0.05) is 13.1 Å². The van der Waals surface area contributed by atoms with E-state index in [4.69, 9.17) is 9.47 Å². The first-order valence-corrected chi connectivity index (χ1v) is 7.04. The lowest BCUT2D eigenvalue weighted by molar-refractivity contribution is -0.157. The molecule has 1 atom stereocenters. The van der Waals surface area contributed by atoms with E-state index < -0.39 is 24.0 Å². The van der Waals surface area contributed by atoms with Crippen molar-refractivity contribution >= 4 is 17.9 Å². The molecule has 1 aliphatic rings. The van der Waals surface area contributed by atoms with Crippen molar-refractivity contribution in [2.45, 2.75) is 19.4 Å². The SMILES string of the molecule is C[C@@H](OC(=O)CCOc1ccccc1)C(=O)N1CCNC1=O. The summed E-state index contributed by atoms with van der Waals surface area (Å²) in [5.74, 6) is -0.406. The number of carbonyl (C=O) groups excluding carboxylic acids is 3. The number of esters is 1. The smallest absolute Gasteiger partial charge is 0.324 e. The molecular formula is C15H18N2O5. The number of carbonyl (C=O) groups is 3. The summed E-state index contributed by atoms with van der Waals surface area (Å²) < 4.78 is 10.4. The van der Waals surface area contributed by atoms with Crippen LogP contribution in [0.5, 0.6) is 5.75 Å². The molecule has 7 heteroatoms. The van der Waals surface area contributed by atoms with Gasteiger partial charge < -0.3 is 14.8 Å². The first kappa shape index (κ1) is 15.8. The van der Waals surface area contributed by atoms with Gasteiger partial charge in [-0.05, 0) is 19.1 Å². The summed E-state index contributed by atoms with van der Waals surface area (Å²) >= 11 is 0. The summed E-state index contributed by atoms with van der Waals surface area (Å²) in [7, 11) is 0. The highest BCUT2D eigenvalue weighted by atomic mass is 16.6. The molecule has 1 heterocycles. The van der Waals surface area contributed by atoms with Gasteiger partial charge in [-0.1, -0.05) is 18.2 Å². The van der Waals surface area contributed by atoms with E-state index in [-0.39, 0.29) is 19.6 Å². The topological polar surface area (TPSA) is 84.9 Å². The van der Waals surface area contributed by atoms with Crippen LogP contribution >= 0.6 is 0 Å². The average molecular weight is 306 g/mol. The zero-order valence-corrected chi connectivity index (χ0v) is 12.3. The van der Waals surface area contributed by atoms with E-state index in [1.807, 2.05) is 18.2 Å². The largest absolute Gasteiger partial charge is 0.493 e. The quantitative estimate of drug-likeness (QED) is 0.791. The fourth-order valence-corrected chi connectivity index (χ4v) is 1.98. The summed E-state index contributed by atoms with van der Waals surface area (Å²) in [5.41, 5.74) is 0. The van der Waals surface area contributed by atoms with Crippen LogP contribution in [-0.2, 0) is 14.3 Å². The summed E-state index contributed by atoms with van der Waals surface area (Å²) in [6, 6.07) is 8.63. The molecule has 0 bridgehead atoms. The molecule has 0 radical (unpaired) electrons. The van der Waals surface area contributed by atoms with Gasteiger partial charge in [0.15, 0.2) is 6.10 Å². The number of hydrogen-bond donors (Lipinski definition) is 1. The van der Waals surface area contributed by atoms with Crippen LogP contribution in [0.25, 0.3) is 0 Å². The minimum absolute atomic E-state index is 0.0265. The van der Waals surface area contributed by atoms with Gasteiger partial charge >= 0.3 is 12.0 Å². The standard InChI is InChI=1S/C15H18N2O5/c1-11(14(19)17-9-8-16-15(17)20)22-13(18)7-10-21-12-5-3-2-4-6-12/h2-6,11H,7-10H2,1H3,(H,16,20)/t11-/m1/s1. The van der Waals surface area contributed by atoms with Gasteiger partial charge in [0.25, 0.3) is 5.91 Å². The maximum absolute atomic E-state index is 11.9. The van der Waals surface area contributed by atoms with E-state index in [2.05, 4.69) is 5.32 Å². The number of urea groups is 1. The fourth-order valence-electron chi connectivity index (χ4n) is 1.98. The van der Waals surface area contributed by atoms with Crippen molar-refractivity contribution in [3.63, 3.8) is 0 Å². The van der Waals surface area contributed by atoms with Gasteiger partial charge in [0.1, 0.15) is 5.75 Å². The Balaban J connectivity index is 1.72. The lowest BCUT2D eigenvalue weighted by Gasteiger charge is -2.18. The summed E-state index contributed by atoms with van der Waals surface area (Å²) in [4.78, 5) is 36.0. The number of benzene rings is 1. The van der Waals surface area contributed by atoms with Gasteiger partial charge in [-0.25, -0.2) is 4.79 Å². The molecule has 1 aromatic rings. The first-order valence-electron chi connectivity index (χ1n) is 7.04. The number of imide groups is 1. The van der Waals surface area contributed by atoms with Crippen molar-refractivity contribution in [3.05, 3.63) is 30.3 Å². The molecule has 7 nitrogen and oxygen atoms in total. The van der Waals surface area contributed by atoms with Crippen molar-refractivity contribution in [3.8, 4) is 5.75 Å². The zero-order valence-electron chi connectivity index (χ0n) is 12.3. The van der Waals surface area contributed by atoms with Crippen molar-refractivity contribution in [1.82, 2.24) is 10.2 Å². The Morgan fingerprint density at radius 1 is 1.32 bits per heavy atom. The maximum atomic E-state index is 11.9. The Kier molecular flexibility index (Phi) is 5.35. The number of ether oxygens (including phenoxy) is 2. The van der Waals surface area contributed by atoms with Gasteiger partial charge in [-0.15, -0.1) is 0 Å². The van der Waals surface area contributed by atoms with Crippen LogP contribution in [0.2, 0.25) is 0 Å². The summed E-state index contributed by atoms with van der Waals surface area (Å²) in [6.45, 7) is 2.31. The Bertz CT molecular complexity index is 546. The molecule has 0 aromatic heterocycles. The van der Waals surface area contributed by atoms with Gasteiger partial charge in [0.2, 0.25) is 0 Å². The molecule has 0 spiro atoms. The van der Waals surface area contributed by atoms with Crippen molar-refractivity contribution in [2.75, 3.05) is 19.7 Å². The third-order valence-electron chi connectivity index (χ3n) is 3.10. The zero-order chi connectivity index (χ0) is 15.9.